The molecule has 7 heteroatoms. The van der Waals surface area contributed by atoms with Gasteiger partial charge >= 0.3 is 0 Å². The molecule has 2 aromatic rings. The van der Waals surface area contributed by atoms with Crippen LogP contribution in [0, 0.1) is 13.8 Å². The number of amides is 1. The number of aliphatic hydroxyl groups excluding tert-OH is 2. The molecule has 2 rings (SSSR count). The van der Waals surface area contributed by atoms with Crippen LogP contribution in [-0.4, -0.2) is 45.5 Å². The van der Waals surface area contributed by atoms with E-state index in [-0.39, 0.29) is 12.5 Å². The highest BCUT2D eigenvalue weighted by Gasteiger charge is 2.18. The van der Waals surface area contributed by atoms with E-state index in [1.54, 1.807) is 19.9 Å². The number of aryl methyl sites for hydroxylation is 2. The third-order valence-electron chi connectivity index (χ3n) is 2.70. The van der Waals surface area contributed by atoms with Crippen molar-refractivity contribution in [3.05, 3.63) is 23.0 Å². The second-order valence-electron chi connectivity index (χ2n) is 4.31. The molecule has 19 heavy (non-hydrogen) atoms. The van der Waals surface area contributed by atoms with Crippen molar-refractivity contribution in [3.8, 4) is 0 Å². The largest absolute Gasteiger partial charge is 0.394 e. The fourth-order valence-corrected chi connectivity index (χ4v) is 1.77. The van der Waals surface area contributed by atoms with E-state index in [9.17, 15) is 9.90 Å². The first kappa shape index (κ1) is 13.4. The highest BCUT2D eigenvalue weighted by Crippen LogP contribution is 2.21. The molecule has 0 saturated carbocycles. The van der Waals surface area contributed by atoms with E-state index in [2.05, 4.69) is 15.5 Å². The zero-order valence-corrected chi connectivity index (χ0v) is 10.7. The average molecular weight is 265 g/mol. The first-order valence-electron chi connectivity index (χ1n) is 5.83. The summed E-state index contributed by atoms with van der Waals surface area (Å²) < 4.78 is 5.04. The van der Waals surface area contributed by atoms with Crippen LogP contribution in [0.5, 0.6) is 0 Å². The van der Waals surface area contributed by atoms with Crippen molar-refractivity contribution in [2.45, 2.75) is 20.0 Å². The van der Waals surface area contributed by atoms with Crippen LogP contribution in [-0.2, 0) is 0 Å². The molecule has 0 aliphatic rings. The molecule has 2 aromatic heterocycles. The molecule has 1 amide bonds. The summed E-state index contributed by atoms with van der Waals surface area (Å²) in [5.74, 6) is -0.366. The second-order valence-corrected chi connectivity index (χ2v) is 4.31. The third kappa shape index (κ3) is 2.72. The summed E-state index contributed by atoms with van der Waals surface area (Å²) >= 11 is 0. The third-order valence-corrected chi connectivity index (χ3v) is 2.70. The van der Waals surface area contributed by atoms with Gasteiger partial charge in [-0.2, -0.15) is 0 Å². The van der Waals surface area contributed by atoms with Gasteiger partial charge in [0.2, 0.25) is 0 Å². The first-order chi connectivity index (χ1) is 9.02. The molecule has 3 N–H and O–H groups in total. The van der Waals surface area contributed by atoms with Crippen molar-refractivity contribution in [3.63, 3.8) is 0 Å². The van der Waals surface area contributed by atoms with Gasteiger partial charge in [0.05, 0.1) is 29.4 Å². The van der Waals surface area contributed by atoms with Gasteiger partial charge in [0.1, 0.15) is 0 Å². The monoisotopic (exact) mass is 265 g/mol. The number of aliphatic hydroxyl groups is 2. The number of fused-ring (bicyclic) bond motifs is 1. The maximum absolute atomic E-state index is 12.1. The van der Waals surface area contributed by atoms with Crippen molar-refractivity contribution < 1.29 is 19.5 Å². The van der Waals surface area contributed by atoms with Crippen LogP contribution in [0.4, 0.5) is 0 Å². The molecule has 1 atom stereocenters. The predicted molar refractivity (Wildman–Crippen MR) is 66.7 cm³/mol. The van der Waals surface area contributed by atoms with E-state index in [4.69, 9.17) is 9.63 Å². The first-order valence-corrected chi connectivity index (χ1v) is 5.83. The smallest absolute Gasteiger partial charge is 0.258 e. The maximum atomic E-state index is 12.1. The number of rotatable bonds is 4. The molecule has 0 fully saturated rings. The Morgan fingerprint density at radius 3 is 2.95 bits per heavy atom. The van der Waals surface area contributed by atoms with Gasteiger partial charge in [0.15, 0.2) is 0 Å². The fraction of sp³-hybridized carbons (Fsp3) is 0.417. The summed E-state index contributed by atoms with van der Waals surface area (Å²) in [7, 11) is 0. The van der Waals surface area contributed by atoms with Crippen molar-refractivity contribution in [1.29, 1.82) is 0 Å². The van der Waals surface area contributed by atoms with Gasteiger partial charge in [0, 0.05) is 12.2 Å². The molecule has 0 spiro atoms. The van der Waals surface area contributed by atoms with E-state index in [0.717, 1.165) is 0 Å². The number of pyridine rings is 1. The molecule has 7 nitrogen and oxygen atoms in total. The molecule has 1 unspecified atom stereocenters. The molecule has 0 saturated heterocycles. The summed E-state index contributed by atoms with van der Waals surface area (Å²) in [6.45, 7) is 3.04. The van der Waals surface area contributed by atoms with Crippen molar-refractivity contribution in [2.75, 3.05) is 13.2 Å². The van der Waals surface area contributed by atoms with Crippen LogP contribution < -0.4 is 5.32 Å². The Balaban J connectivity index is 2.33. The second kappa shape index (κ2) is 5.33. The topological polar surface area (TPSA) is 108 Å². The van der Waals surface area contributed by atoms with Crippen LogP contribution in [0.3, 0.4) is 0 Å². The predicted octanol–water partition coefficient (Wildman–Crippen LogP) is -0.0774. The van der Waals surface area contributed by atoms with Crippen LogP contribution in [0.15, 0.2) is 10.6 Å². The Labute approximate surface area is 109 Å². The lowest BCUT2D eigenvalue weighted by Crippen LogP contribution is -2.34. The highest BCUT2D eigenvalue weighted by molar-refractivity contribution is 6.06. The number of aromatic nitrogens is 2. The van der Waals surface area contributed by atoms with E-state index < -0.39 is 12.7 Å². The van der Waals surface area contributed by atoms with Crippen LogP contribution in [0.2, 0.25) is 0 Å². The van der Waals surface area contributed by atoms with Crippen LogP contribution in [0.1, 0.15) is 21.7 Å². The van der Waals surface area contributed by atoms with Gasteiger partial charge in [0.25, 0.3) is 11.6 Å². The van der Waals surface area contributed by atoms with E-state index in [1.807, 2.05) is 0 Å². The van der Waals surface area contributed by atoms with Gasteiger partial charge in [-0.25, -0.2) is 4.98 Å². The zero-order chi connectivity index (χ0) is 14.0. The quantitative estimate of drug-likeness (QED) is 0.713. The molecule has 0 radical (unpaired) electrons. The van der Waals surface area contributed by atoms with E-state index >= 15 is 0 Å². The lowest BCUT2D eigenvalue weighted by atomic mass is 10.1. The molecule has 2 heterocycles. The van der Waals surface area contributed by atoms with Crippen molar-refractivity contribution in [1.82, 2.24) is 15.5 Å². The molecule has 0 bridgehead atoms. The van der Waals surface area contributed by atoms with E-state index in [0.29, 0.717) is 28.1 Å². The minimum atomic E-state index is -0.981. The number of hydrogen-bond donors (Lipinski definition) is 3. The van der Waals surface area contributed by atoms with Crippen molar-refractivity contribution in [2.24, 2.45) is 0 Å². The Bertz CT molecular complexity index is 608. The zero-order valence-electron chi connectivity index (χ0n) is 10.7. The van der Waals surface area contributed by atoms with Crippen LogP contribution in [0.25, 0.3) is 11.1 Å². The Kier molecular flexibility index (Phi) is 3.77. The molecule has 0 aliphatic heterocycles. The lowest BCUT2D eigenvalue weighted by molar-refractivity contribution is 0.0803. The van der Waals surface area contributed by atoms with Gasteiger partial charge in [-0.3, -0.25) is 4.79 Å². The number of carbonyl (C=O) groups excluding carboxylic acids is 1. The Morgan fingerprint density at radius 2 is 2.26 bits per heavy atom. The molecular formula is C12H15N3O4. The molecule has 102 valence electrons. The molecular weight excluding hydrogens is 250 g/mol. The summed E-state index contributed by atoms with van der Waals surface area (Å²) in [6, 6.07) is 1.63. The fourth-order valence-electron chi connectivity index (χ4n) is 1.77. The van der Waals surface area contributed by atoms with Crippen LogP contribution >= 0.6 is 0 Å². The summed E-state index contributed by atoms with van der Waals surface area (Å²) in [5.41, 5.74) is 1.92. The van der Waals surface area contributed by atoms with Gasteiger partial charge in [-0.05, 0) is 19.9 Å². The van der Waals surface area contributed by atoms with Gasteiger partial charge in [-0.15, -0.1) is 0 Å². The number of carbonyl (C=O) groups is 1. The van der Waals surface area contributed by atoms with Gasteiger partial charge in [-0.1, -0.05) is 5.16 Å². The molecule has 0 aliphatic carbocycles. The Morgan fingerprint density at radius 1 is 1.53 bits per heavy atom. The van der Waals surface area contributed by atoms with Gasteiger partial charge < -0.3 is 20.1 Å². The number of nitrogens with zero attached hydrogens (tertiary/aromatic N) is 2. The van der Waals surface area contributed by atoms with E-state index in [1.165, 1.54) is 0 Å². The number of hydrogen-bond acceptors (Lipinski definition) is 6. The minimum absolute atomic E-state index is 0.0253. The maximum Gasteiger partial charge on any atom is 0.258 e. The average Bonchev–Trinajstić information content (AvgIpc) is 2.76. The summed E-state index contributed by atoms with van der Waals surface area (Å²) in [4.78, 5) is 16.2. The number of nitrogens with one attached hydrogen (secondary N) is 1. The summed E-state index contributed by atoms with van der Waals surface area (Å²) in [5, 5.41) is 24.8. The lowest BCUT2D eigenvalue weighted by Gasteiger charge is -2.09. The Hall–Kier alpha value is -1.99. The minimum Gasteiger partial charge on any atom is -0.394 e. The standard InChI is InChI=1S/C12H15N3O4/c1-6-3-9(11(18)13-4-8(17)5-16)10-7(2)15-19-12(10)14-6/h3,8,16-17H,4-5H2,1-2H3,(H,13,18). The molecule has 0 aromatic carbocycles. The SMILES string of the molecule is Cc1cc(C(=O)NCC(O)CO)c2c(C)noc2n1. The normalized spacial score (nSPS) is 12.6. The highest BCUT2D eigenvalue weighted by atomic mass is 16.5. The summed E-state index contributed by atoms with van der Waals surface area (Å²) in [6.07, 6.45) is -0.981. The van der Waals surface area contributed by atoms with Crippen molar-refractivity contribution >= 4 is 17.0 Å².